The molecule has 0 radical (unpaired) electrons. The molecule has 1 heterocycles. The van der Waals surface area contributed by atoms with Crippen LogP contribution in [0.3, 0.4) is 0 Å². The van der Waals surface area contributed by atoms with Gasteiger partial charge in [-0.2, -0.15) is 5.10 Å². The van der Waals surface area contributed by atoms with Gasteiger partial charge in [0.1, 0.15) is 0 Å². The van der Waals surface area contributed by atoms with E-state index in [2.05, 4.69) is 5.10 Å². The minimum absolute atomic E-state index is 0.0475. The molecule has 0 spiro atoms. The molecule has 0 unspecified atom stereocenters. The maximum atomic E-state index is 11.7. The number of carbonyl (C=O) groups is 1. The van der Waals surface area contributed by atoms with E-state index in [4.69, 9.17) is 4.84 Å². The van der Waals surface area contributed by atoms with Crippen LogP contribution in [0.4, 0.5) is 0 Å². The zero-order valence-electron chi connectivity index (χ0n) is 9.17. The molecule has 0 N–H and O–H groups in total. The van der Waals surface area contributed by atoms with Gasteiger partial charge in [0.2, 0.25) is 5.91 Å². The molecule has 15 heavy (non-hydrogen) atoms. The average Bonchev–Trinajstić information content (AvgIpc) is 2.92. The molecule has 1 aliphatic rings. The first kappa shape index (κ1) is 10.2. The Bertz CT molecular complexity index is 374. The Kier molecular flexibility index (Phi) is 2.48. The molecule has 2 atom stereocenters. The lowest BCUT2D eigenvalue weighted by atomic mass is 10.2. The quantitative estimate of drug-likeness (QED) is 0.683. The standard InChI is InChI=1S/C10H15N3O2/c1-12-6-7(5-11-12)8-4-9(8)10(14)13(2)15-3/h5-6,8-9H,4H2,1-3H3/t8-,9+/m0/s1. The van der Waals surface area contributed by atoms with Crippen LogP contribution in [0.25, 0.3) is 0 Å². The topological polar surface area (TPSA) is 47.4 Å². The van der Waals surface area contributed by atoms with Gasteiger partial charge >= 0.3 is 0 Å². The van der Waals surface area contributed by atoms with E-state index in [-0.39, 0.29) is 11.8 Å². The number of rotatable bonds is 3. The molecule has 0 aromatic carbocycles. The Labute approximate surface area is 88.6 Å². The van der Waals surface area contributed by atoms with Crippen LogP contribution in [-0.2, 0) is 16.7 Å². The maximum absolute atomic E-state index is 11.7. The fourth-order valence-corrected chi connectivity index (χ4v) is 1.79. The summed E-state index contributed by atoms with van der Waals surface area (Å²) in [5.74, 6) is 0.439. The van der Waals surface area contributed by atoms with Crippen LogP contribution in [0, 0.1) is 5.92 Å². The van der Waals surface area contributed by atoms with E-state index >= 15 is 0 Å². The van der Waals surface area contributed by atoms with Crippen molar-refractivity contribution in [1.82, 2.24) is 14.8 Å². The number of carbonyl (C=O) groups excluding carboxylic acids is 1. The van der Waals surface area contributed by atoms with Crippen molar-refractivity contribution in [1.29, 1.82) is 0 Å². The second-order valence-corrected chi connectivity index (χ2v) is 3.91. The molecule has 2 rings (SSSR count). The molecule has 0 aliphatic heterocycles. The molecular formula is C10H15N3O2. The van der Waals surface area contributed by atoms with Crippen LogP contribution >= 0.6 is 0 Å². The molecule has 1 amide bonds. The SMILES string of the molecule is CON(C)C(=O)[C@@H]1C[C@H]1c1cnn(C)c1. The minimum atomic E-state index is 0.0475. The van der Waals surface area contributed by atoms with E-state index in [1.165, 1.54) is 12.2 Å². The predicted molar refractivity (Wildman–Crippen MR) is 53.8 cm³/mol. The fraction of sp³-hybridized carbons (Fsp3) is 0.600. The van der Waals surface area contributed by atoms with Gasteiger partial charge in [-0.05, 0) is 17.9 Å². The molecule has 0 saturated heterocycles. The first-order valence-corrected chi connectivity index (χ1v) is 4.93. The summed E-state index contributed by atoms with van der Waals surface area (Å²) in [6, 6.07) is 0. The highest BCUT2D eigenvalue weighted by atomic mass is 16.7. The Morgan fingerprint density at radius 3 is 3.00 bits per heavy atom. The molecule has 1 saturated carbocycles. The monoisotopic (exact) mass is 209 g/mol. The van der Waals surface area contributed by atoms with Crippen LogP contribution in [-0.4, -0.2) is 34.9 Å². The van der Waals surface area contributed by atoms with E-state index < -0.39 is 0 Å². The molecule has 82 valence electrons. The Balaban J connectivity index is 1.99. The summed E-state index contributed by atoms with van der Waals surface area (Å²) in [5, 5.41) is 5.39. The van der Waals surface area contributed by atoms with Gasteiger partial charge in [0.05, 0.1) is 13.3 Å². The number of nitrogens with zero attached hydrogens (tertiary/aromatic N) is 3. The molecule has 0 bridgehead atoms. The van der Waals surface area contributed by atoms with Crippen molar-refractivity contribution < 1.29 is 9.63 Å². The summed E-state index contributed by atoms with van der Waals surface area (Å²) in [6.45, 7) is 0. The summed E-state index contributed by atoms with van der Waals surface area (Å²) < 4.78 is 1.76. The number of amides is 1. The Morgan fingerprint density at radius 2 is 2.47 bits per heavy atom. The number of hydroxylamine groups is 2. The van der Waals surface area contributed by atoms with E-state index in [0.717, 1.165) is 12.0 Å². The van der Waals surface area contributed by atoms with Gasteiger partial charge in [0.15, 0.2) is 0 Å². The van der Waals surface area contributed by atoms with E-state index in [9.17, 15) is 4.79 Å². The van der Waals surface area contributed by atoms with Gasteiger partial charge in [-0.1, -0.05) is 0 Å². The van der Waals surface area contributed by atoms with Crippen LogP contribution in [0.15, 0.2) is 12.4 Å². The zero-order valence-corrected chi connectivity index (χ0v) is 9.17. The third kappa shape index (κ3) is 1.87. The largest absolute Gasteiger partial charge is 0.276 e. The van der Waals surface area contributed by atoms with Gasteiger partial charge < -0.3 is 0 Å². The lowest BCUT2D eigenvalue weighted by Crippen LogP contribution is -2.27. The van der Waals surface area contributed by atoms with Gasteiger partial charge in [-0.25, -0.2) is 5.06 Å². The average molecular weight is 209 g/mol. The highest BCUT2D eigenvalue weighted by Gasteiger charge is 2.46. The Morgan fingerprint density at radius 1 is 1.73 bits per heavy atom. The van der Waals surface area contributed by atoms with Crippen LogP contribution < -0.4 is 0 Å². The fourth-order valence-electron chi connectivity index (χ4n) is 1.79. The first-order valence-electron chi connectivity index (χ1n) is 4.93. The summed E-state index contributed by atoms with van der Waals surface area (Å²) in [6.07, 6.45) is 4.69. The maximum Gasteiger partial charge on any atom is 0.249 e. The van der Waals surface area contributed by atoms with Gasteiger partial charge in [-0.15, -0.1) is 0 Å². The van der Waals surface area contributed by atoms with Crippen LogP contribution in [0.2, 0.25) is 0 Å². The van der Waals surface area contributed by atoms with Crippen molar-refractivity contribution in [2.75, 3.05) is 14.2 Å². The van der Waals surface area contributed by atoms with Gasteiger partial charge in [-0.3, -0.25) is 14.3 Å². The van der Waals surface area contributed by atoms with Gasteiger partial charge in [0, 0.05) is 26.2 Å². The lowest BCUT2D eigenvalue weighted by molar-refractivity contribution is -0.170. The minimum Gasteiger partial charge on any atom is -0.276 e. The van der Waals surface area contributed by atoms with Crippen molar-refractivity contribution >= 4 is 5.91 Å². The second-order valence-electron chi connectivity index (χ2n) is 3.91. The summed E-state index contributed by atoms with van der Waals surface area (Å²) in [4.78, 5) is 16.6. The number of hydrogen-bond donors (Lipinski definition) is 0. The molecule has 5 heteroatoms. The number of aryl methyl sites for hydroxylation is 1. The molecule has 1 fully saturated rings. The second kappa shape index (κ2) is 3.66. The van der Waals surface area contributed by atoms with Crippen LogP contribution in [0.5, 0.6) is 0 Å². The van der Waals surface area contributed by atoms with Gasteiger partial charge in [0.25, 0.3) is 0 Å². The van der Waals surface area contributed by atoms with E-state index in [1.54, 1.807) is 11.7 Å². The highest BCUT2D eigenvalue weighted by molar-refractivity contribution is 5.81. The number of hydrogen-bond acceptors (Lipinski definition) is 3. The predicted octanol–water partition coefficient (Wildman–Crippen LogP) is 0.543. The first-order chi connectivity index (χ1) is 7.13. The zero-order chi connectivity index (χ0) is 11.0. The van der Waals surface area contributed by atoms with Crippen molar-refractivity contribution in [2.45, 2.75) is 12.3 Å². The van der Waals surface area contributed by atoms with E-state index in [0.29, 0.717) is 5.92 Å². The van der Waals surface area contributed by atoms with Crippen molar-refractivity contribution in [3.05, 3.63) is 18.0 Å². The Hall–Kier alpha value is -1.36. The molecule has 1 aromatic heterocycles. The summed E-state index contributed by atoms with van der Waals surface area (Å²) in [5.41, 5.74) is 1.14. The van der Waals surface area contributed by atoms with E-state index in [1.807, 2.05) is 19.4 Å². The molecular weight excluding hydrogens is 194 g/mol. The molecule has 1 aromatic rings. The third-order valence-corrected chi connectivity index (χ3v) is 2.84. The normalized spacial score (nSPS) is 23.9. The third-order valence-electron chi connectivity index (χ3n) is 2.84. The molecule has 5 nitrogen and oxygen atoms in total. The van der Waals surface area contributed by atoms with Crippen molar-refractivity contribution in [3.8, 4) is 0 Å². The summed E-state index contributed by atoms with van der Waals surface area (Å²) >= 11 is 0. The smallest absolute Gasteiger partial charge is 0.249 e. The molecule has 1 aliphatic carbocycles. The van der Waals surface area contributed by atoms with Crippen LogP contribution in [0.1, 0.15) is 17.9 Å². The lowest BCUT2D eigenvalue weighted by Gasteiger charge is -2.12. The van der Waals surface area contributed by atoms with Crippen molar-refractivity contribution in [2.24, 2.45) is 13.0 Å². The number of aromatic nitrogens is 2. The van der Waals surface area contributed by atoms with Crippen molar-refractivity contribution in [3.63, 3.8) is 0 Å². The summed E-state index contributed by atoms with van der Waals surface area (Å²) in [7, 11) is 5.02. The highest BCUT2D eigenvalue weighted by Crippen LogP contribution is 2.48.